The van der Waals surface area contributed by atoms with E-state index in [4.69, 9.17) is 5.73 Å². The number of hydrogen-bond acceptors (Lipinski definition) is 5. The van der Waals surface area contributed by atoms with Crippen molar-refractivity contribution in [1.82, 2.24) is 9.97 Å². The van der Waals surface area contributed by atoms with Crippen LogP contribution >= 0.6 is 34.4 Å². The quantitative estimate of drug-likeness (QED) is 0.489. The fourth-order valence-corrected chi connectivity index (χ4v) is 2.33. The van der Waals surface area contributed by atoms with E-state index < -0.39 is 0 Å². The van der Waals surface area contributed by atoms with Gasteiger partial charge in [-0.15, -0.1) is 0 Å². The lowest BCUT2D eigenvalue weighted by Gasteiger charge is -2.09. The average molecular weight is 376 g/mol. The van der Waals surface area contributed by atoms with Crippen LogP contribution < -0.4 is 11.1 Å². The van der Waals surface area contributed by atoms with Gasteiger partial charge in [-0.05, 0) is 47.0 Å². The maximum absolute atomic E-state index is 13.0. The van der Waals surface area contributed by atoms with Crippen molar-refractivity contribution >= 4 is 51.7 Å². The van der Waals surface area contributed by atoms with Gasteiger partial charge in [-0.3, -0.25) is 0 Å². The van der Waals surface area contributed by atoms with E-state index in [1.165, 1.54) is 23.9 Å². The van der Waals surface area contributed by atoms with Gasteiger partial charge in [0.05, 0.1) is 5.69 Å². The Morgan fingerprint density at radius 3 is 2.78 bits per heavy atom. The van der Waals surface area contributed by atoms with E-state index in [1.54, 1.807) is 12.1 Å². The van der Waals surface area contributed by atoms with Gasteiger partial charge in [-0.25, -0.2) is 14.4 Å². The summed E-state index contributed by atoms with van der Waals surface area (Å²) in [6, 6.07) is 6.14. The van der Waals surface area contributed by atoms with Crippen LogP contribution in [0.2, 0.25) is 0 Å². The van der Waals surface area contributed by atoms with Gasteiger partial charge in [0.1, 0.15) is 17.5 Å². The highest BCUT2D eigenvalue weighted by atomic mass is 127. The number of nitrogen functional groups attached to an aromatic ring is 1. The highest BCUT2D eigenvalue weighted by molar-refractivity contribution is 14.1. The highest BCUT2D eigenvalue weighted by Crippen LogP contribution is 2.24. The summed E-state index contributed by atoms with van der Waals surface area (Å²) >= 11 is 3.47. The number of halogens is 2. The molecule has 0 aliphatic rings. The molecule has 0 unspecified atom stereocenters. The Balaban J connectivity index is 2.30. The molecule has 1 aromatic heterocycles. The molecule has 94 valence electrons. The fourth-order valence-electron chi connectivity index (χ4n) is 1.33. The monoisotopic (exact) mass is 376 g/mol. The van der Waals surface area contributed by atoms with Crippen LogP contribution in [0, 0.1) is 9.39 Å². The maximum atomic E-state index is 13.0. The molecule has 4 nitrogen and oxygen atoms in total. The summed E-state index contributed by atoms with van der Waals surface area (Å²) in [7, 11) is 0. The summed E-state index contributed by atoms with van der Waals surface area (Å²) in [5, 5.41) is 3.69. The SMILES string of the molecule is CSc1nc(N)cc(Nc2ccc(F)cc2I)n1. The summed E-state index contributed by atoms with van der Waals surface area (Å²) in [6.07, 6.45) is 1.88. The molecule has 0 spiro atoms. The molecule has 1 heterocycles. The van der Waals surface area contributed by atoms with Crippen molar-refractivity contribution in [2.75, 3.05) is 17.3 Å². The summed E-state index contributed by atoms with van der Waals surface area (Å²) in [4.78, 5) is 8.33. The minimum Gasteiger partial charge on any atom is -0.383 e. The molecule has 3 N–H and O–H groups in total. The van der Waals surface area contributed by atoms with E-state index in [2.05, 4.69) is 37.9 Å². The predicted molar refractivity (Wildman–Crippen MR) is 80.6 cm³/mol. The second-order valence-corrected chi connectivity index (χ2v) is 5.35. The Labute approximate surface area is 122 Å². The van der Waals surface area contributed by atoms with Crippen LogP contribution in [0.1, 0.15) is 0 Å². The third kappa shape index (κ3) is 3.22. The number of hydrogen-bond donors (Lipinski definition) is 2. The number of nitrogens with two attached hydrogens (primary N) is 1. The van der Waals surface area contributed by atoms with Gasteiger partial charge in [0.2, 0.25) is 0 Å². The number of thioether (sulfide) groups is 1. The van der Waals surface area contributed by atoms with Crippen LogP contribution in [0.5, 0.6) is 0 Å². The van der Waals surface area contributed by atoms with Crippen LogP contribution in [0.25, 0.3) is 0 Å². The molecule has 0 bridgehead atoms. The zero-order valence-corrected chi connectivity index (χ0v) is 12.4. The number of nitrogens with one attached hydrogen (secondary N) is 1. The standard InChI is InChI=1S/C11H10FIN4S/c1-18-11-16-9(14)5-10(17-11)15-8-3-2-6(12)4-7(8)13/h2-5H,1H3,(H3,14,15,16,17). The molecule has 0 atom stereocenters. The molecule has 0 aliphatic carbocycles. The topological polar surface area (TPSA) is 63.8 Å². The van der Waals surface area contributed by atoms with Crippen molar-refractivity contribution in [3.63, 3.8) is 0 Å². The molecule has 1 aromatic carbocycles. The van der Waals surface area contributed by atoms with Crippen molar-refractivity contribution in [3.05, 3.63) is 33.7 Å². The fraction of sp³-hybridized carbons (Fsp3) is 0.0909. The smallest absolute Gasteiger partial charge is 0.191 e. The zero-order valence-electron chi connectivity index (χ0n) is 9.45. The van der Waals surface area contributed by atoms with E-state index in [1.807, 2.05) is 6.26 Å². The number of benzene rings is 1. The largest absolute Gasteiger partial charge is 0.383 e. The Bertz CT molecular complexity index is 579. The molecule has 2 rings (SSSR count). The lowest BCUT2D eigenvalue weighted by atomic mass is 10.3. The molecule has 0 radical (unpaired) electrons. The molecule has 0 saturated carbocycles. The summed E-state index contributed by atoms with van der Waals surface area (Å²) in [6.45, 7) is 0. The van der Waals surface area contributed by atoms with Crippen LogP contribution in [0.3, 0.4) is 0 Å². The molecule has 2 aromatic rings. The second-order valence-electron chi connectivity index (χ2n) is 3.41. The Morgan fingerprint density at radius 2 is 2.11 bits per heavy atom. The third-order valence-electron chi connectivity index (χ3n) is 2.10. The van der Waals surface area contributed by atoms with Crippen molar-refractivity contribution in [1.29, 1.82) is 0 Å². The zero-order chi connectivity index (χ0) is 13.1. The minimum absolute atomic E-state index is 0.267. The van der Waals surface area contributed by atoms with Gasteiger partial charge in [-0.1, -0.05) is 11.8 Å². The Morgan fingerprint density at radius 1 is 1.33 bits per heavy atom. The lowest BCUT2D eigenvalue weighted by molar-refractivity contribution is 0.627. The van der Waals surface area contributed by atoms with Crippen LogP contribution in [0.4, 0.5) is 21.7 Å². The molecule has 0 saturated heterocycles. The van der Waals surface area contributed by atoms with Crippen LogP contribution in [-0.2, 0) is 0 Å². The predicted octanol–water partition coefficient (Wildman–Crippen LogP) is 3.27. The van der Waals surface area contributed by atoms with E-state index in [0.717, 1.165) is 9.26 Å². The van der Waals surface area contributed by atoms with E-state index in [-0.39, 0.29) is 5.82 Å². The first-order valence-corrected chi connectivity index (χ1v) is 7.29. The Kier molecular flexibility index (Phi) is 4.23. The first kappa shape index (κ1) is 13.3. The summed E-state index contributed by atoms with van der Waals surface area (Å²) in [5.74, 6) is 0.724. The second kappa shape index (κ2) is 5.70. The molecule has 0 amide bonds. The first-order chi connectivity index (χ1) is 8.58. The van der Waals surface area contributed by atoms with Crippen LogP contribution in [0.15, 0.2) is 29.4 Å². The summed E-state index contributed by atoms with van der Waals surface area (Å²) < 4.78 is 13.8. The van der Waals surface area contributed by atoms with Crippen molar-refractivity contribution in [2.45, 2.75) is 5.16 Å². The Hall–Kier alpha value is -1.09. The van der Waals surface area contributed by atoms with Crippen molar-refractivity contribution in [3.8, 4) is 0 Å². The van der Waals surface area contributed by atoms with Gasteiger partial charge in [0.25, 0.3) is 0 Å². The molecule has 0 aliphatic heterocycles. The normalized spacial score (nSPS) is 10.4. The van der Waals surface area contributed by atoms with E-state index in [9.17, 15) is 4.39 Å². The molecule has 0 fully saturated rings. The van der Waals surface area contributed by atoms with Gasteiger partial charge in [0.15, 0.2) is 5.16 Å². The third-order valence-corrected chi connectivity index (χ3v) is 3.54. The lowest BCUT2D eigenvalue weighted by Crippen LogP contribution is -2.01. The van der Waals surface area contributed by atoms with E-state index in [0.29, 0.717) is 16.8 Å². The maximum Gasteiger partial charge on any atom is 0.191 e. The first-order valence-electron chi connectivity index (χ1n) is 4.99. The van der Waals surface area contributed by atoms with Gasteiger partial charge in [-0.2, -0.15) is 0 Å². The molecular formula is C11H10FIN4S. The number of anilines is 3. The van der Waals surface area contributed by atoms with Gasteiger partial charge >= 0.3 is 0 Å². The number of rotatable bonds is 3. The average Bonchev–Trinajstić information content (AvgIpc) is 2.32. The molecule has 7 heteroatoms. The number of aromatic nitrogens is 2. The minimum atomic E-state index is -0.267. The van der Waals surface area contributed by atoms with Gasteiger partial charge in [0, 0.05) is 9.64 Å². The van der Waals surface area contributed by atoms with Crippen molar-refractivity contribution in [2.24, 2.45) is 0 Å². The highest BCUT2D eigenvalue weighted by Gasteiger charge is 2.05. The molecule has 18 heavy (non-hydrogen) atoms. The summed E-state index contributed by atoms with van der Waals surface area (Å²) in [5.41, 5.74) is 6.46. The van der Waals surface area contributed by atoms with Gasteiger partial charge < -0.3 is 11.1 Å². The van der Waals surface area contributed by atoms with Crippen LogP contribution in [-0.4, -0.2) is 16.2 Å². The number of nitrogens with zero attached hydrogens (tertiary/aromatic N) is 2. The van der Waals surface area contributed by atoms with Crippen molar-refractivity contribution < 1.29 is 4.39 Å². The van der Waals surface area contributed by atoms with E-state index >= 15 is 0 Å². The molecular weight excluding hydrogens is 366 g/mol.